The standard InChI is InChI=1S/C19H22N2.C18H16ClF3N2.C18H19ClN2/c1-13-9-11-15(12-10-13)19(21(3)4)18-14(2)20-17-8-6-5-7-16(17)18;1-24(2)17(12-5-3-4-6-15(12)18(20,21)22)14-10-23-16-8-7-11(19)9-13(14)16;1-12-4-6-13(7-5-12)18(21(2)3)16-11-20-17-9-8-14(19)10-15(16)17/h5-12,19-20H,1-4H3;3-10,17,23H,1-2H3;4-11,18,20H,1-3H3. The first-order valence-corrected chi connectivity index (χ1v) is 22.6. The number of hydrogen-bond acceptors (Lipinski definition) is 3. The van der Waals surface area contributed by atoms with Crippen LogP contribution in [0.5, 0.6) is 0 Å². The van der Waals surface area contributed by atoms with E-state index in [1.54, 1.807) is 43.4 Å². The van der Waals surface area contributed by atoms with Crippen LogP contribution < -0.4 is 0 Å². The molecule has 3 unspecified atom stereocenters. The molecule has 0 aliphatic heterocycles. The highest BCUT2D eigenvalue weighted by Gasteiger charge is 2.36. The highest BCUT2D eigenvalue weighted by Crippen LogP contribution is 2.41. The van der Waals surface area contributed by atoms with Gasteiger partial charge in [0.15, 0.2) is 0 Å². The van der Waals surface area contributed by atoms with Crippen molar-refractivity contribution in [3.8, 4) is 0 Å². The number of benzene rings is 6. The molecular formula is C55H57Cl2F3N6. The summed E-state index contributed by atoms with van der Waals surface area (Å²) < 4.78 is 40.3. The summed E-state index contributed by atoms with van der Waals surface area (Å²) in [4.78, 5) is 16.3. The van der Waals surface area contributed by atoms with E-state index in [9.17, 15) is 13.2 Å². The minimum atomic E-state index is -4.41. The first-order chi connectivity index (χ1) is 31.4. The fourth-order valence-corrected chi connectivity index (χ4v) is 9.37. The summed E-state index contributed by atoms with van der Waals surface area (Å²) in [7, 11) is 12.0. The number of nitrogens with one attached hydrogen (secondary N) is 3. The Hall–Kier alpha value is -5.81. The van der Waals surface area contributed by atoms with Gasteiger partial charge in [-0.2, -0.15) is 13.2 Å². The monoisotopic (exact) mass is 928 g/mol. The van der Waals surface area contributed by atoms with Gasteiger partial charge in [0, 0.05) is 66.4 Å². The third kappa shape index (κ3) is 10.6. The number of H-pyrrole nitrogens is 3. The molecule has 0 bridgehead atoms. The summed E-state index contributed by atoms with van der Waals surface area (Å²) >= 11 is 12.2. The number of nitrogens with zero attached hydrogens (tertiary/aromatic N) is 3. The maximum Gasteiger partial charge on any atom is 0.416 e. The molecule has 3 N–H and O–H groups in total. The molecule has 0 fully saturated rings. The van der Waals surface area contributed by atoms with Crippen molar-refractivity contribution in [1.82, 2.24) is 29.7 Å². The Kier molecular flexibility index (Phi) is 14.9. The van der Waals surface area contributed by atoms with E-state index in [-0.39, 0.29) is 17.6 Å². The SMILES string of the molecule is CN(C)C(c1ccccc1C(F)(F)F)c1c[nH]c2ccc(Cl)cc12.Cc1ccc(C(c2c(C)[nH]c3ccccc23)N(C)C)cc1.Cc1ccc(C(c2c[nH]c3ccc(Cl)cc23)N(C)C)cc1. The van der Waals surface area contributed by atoms with Crippen LogP contribution in [-0.2, 0) is 6.18 Å². The van der Waals surface area contributed by atoms with E-state index in [0.29, 0.717) is 5.02 Å². The first kappa shape index (κ1) is 48.1. The van der Waals surface area contributed by atoms with Crippen LogP contribution in [0.1, 0.15) is 73.9 Å². The van der Waals surface area contributed by atoms with Gasteiger partial charge >= 0.3 is 6.18 Å². The van der Waals surface area contributed by atoms with Gasteiger partial charge < -0.3 is 15.0 Å². The molecule has 6 aromatic carbocycles. The lowest BCUT2D eigenvalue weighted by atomic mass is 9.93. The maximum absolute atomic E-state index is 13.4. The number of para-hydroxylation sites is 1. The average molecular weight is 930 g/mol. The van der Waals surface area contributed by atoms with Gasteiger partial charge in [-0.25, -0.2) is 0 Å². The quantitative estimate of drug-likeness (QED) is 0.135. The van der Waals surface area contributed by atoms with Gasteiger partial charge in [-0.05, 0) is 139 Å². The smallest absolute Gasteiger partial charge is 0.361 e. The van der Waals surface area contributed by atoms with Crippen molar-refractivity contribution in [2.24, 2.45) is 0 Å². The van der Waals surface area contributed by atoms with E-state index in [0.717, 1.165) is 33.1 Å². The minimum absolute atomic E-state index is 0.206. The zero-order chi connectivity index (χ0) is 47.4. The second-order valence-electron chi connectivity index (χ2n) is 17.6. The van der Waals surface area contributed by atoms with Gasteiger partial charge in [-0.3, -0.25) is 14.7 Å². The summed E-state index contributed by atoms with van der Waals surface area (Å²) in [6.07, 6.45) is -0.570. The predicted molar refractivity (Wildman–Crippen MR) is 270 cm³/mol. The van der Waals surface area contributed by atoms with E-state index in [2.05, 4.69) is 153 Å². The van der Waals surface area contributed by atoms with E-state index >= 15 is 0 Å². The van der Waals surface area contributed by atoms with Crippen molar-refractivity contribution >= 4 is 55.9 Å². The molecule has 3 heterocycles. The first-order valence-electron chi connectivity index (χ1n) is 21.8. The van der Waals surface area contributed by atoms with E-state index < -0.39 is 17.8 Å². The van der Waals surface area contributed by atoms with Crippen molar-refractivity contribution in [3.05, 3.63) is 212 Å². The largest absolute Gasteiger partial charge is 0.416 e. The molecule has 3 aromatic heterocycles. The number of hydrogen-bond donors (Lipinski definition) is 3. The summed E-state index contributed by atoms with van der Waals surface area (Å²) in [6.45, 7) is 6.41. The molecule has 6 nitrogen and oxygen atoms in total. The number of aryl methyl sites for hydroxylation is 3. The highest BCUT2D eigenvalue weighted by molar-refractivity contribution is 6.31. The second kappa shape index (κ2) is 20.4. The van der Waals surface area contributed by atoms with Crippen molar-refractivity contribution in [3.63, 3.8) is 0 Å². The molecule has 342 valence electrons. The molecule has 0 radical (unpaired) electrons. The summed E-state index contributed by atoms with van der Waals surface area (Å²) in [5, 5.41) is 4.63. The number of rotatable bonds is 9. The van der Waals surface area contributed by atoms with Crippen LogP contribution in [0.3, 0.4) is 0 Å². The summed E-state index contributed by atoms with van der Waals surface area (Å²) in [6, 6.07) is 43.1. The van der Waals surface area contributed by atoms with Crippen LogP contribution in [0.15, 0.2) is 146 Å². The third-order valence-electron chi connectivity index (χ3n) is 12.1. The van der Waals surface area contributed by atoms with Gasteiger partial charge in [0.05, 0.1) is 23.7 Å². The van der Waals surface area contributed by atoms with Crippen molar-refractivity contribution in [1.29, 1.82) is 0 Å². The van der Waals surface area contributed by atoms with E-state index in [1.165, 1.54) is 67.5 Å². The Morgan fingerprint density at radius 3 is 1.42 bits per heavy atom. The van der Waals surface area contributed by atoms with Crippen LogP contribution in [0.2, 0.25) is 10.0 Å². The molecular weight excluding hydrogens is 873 g/mol. The predicted octanol–water partition coefficient (Wildman–Crippen LogP) is 14.7. The summed E-state index contributed by atoms with van der Waals surface area (Å²) in [5.74, 6) is 0. The van der Waals surface area contributed by atoms with Crippen LogP contribution in [-0.4, -0.2) is 71.9 Å². The molecule has 3 atom stereocenters. The minimum Gasteiger partial charge on any atom is -0.361 e. The summed E-state index contributed by atoms with van der Waals surface area (Å²) in [5.41, 5.74) is 12.6. The lowest BCUT2D eigenvalue weighted by Gasteiger charge is -2.27. The third-order valence-corrected chi connectivity index (χ3v) is 12.5. The Balaban J connectivity index is 0.000000148. The average Bonchev–Trinajstić information content (AvgIpc) is 3.97. The number of aromatic amines is 3. The maximum atomic E-state index is 13.4. The lowest BCUT2D eigenvalue weighted by Crippen LogP contribution is -2.24. The van der Waals surface area contributed by atoms with Crippen molar-refractivity contribution in [2.45, 2.75) is 45.1 Å². The molecule has 0 aliphatic carbocycles. The van der Waals surface area contributed by atoms with Crippen molar-refractivity contribution < 1.29 is 13.2 Å². The number of aromatic nitrogens is 3. The molecule has 9 rings (SSSR count). The van der Waals surface area contributed by atoms with Gasteiger partial charge in [0.2, 0.25) is 0 Å². The highest BCUT2D eigenvalue weighted by atomic mass is 35.5. The van der Waals surface area contributed by atoms with E-state index in [4.69, 9.17) is 23.2 Å². The van der Waals surface area contributed by atoms with Crippen LogP contribution >= 0.6 is 23.2 Å². The van der Waals surface area contributed by atoms with Crippen LogP contribution in [0.4, 0.5) is 13.2 Å². The van der Waals surface area contributed by atoms with Crippen molar-refractivity contribution in [2.75, 3.05) is 42.3 Å². The topological polar surface area (TPSA) is 57.1 Å². The fourth-order valence-electron chi connectivity index (χ4n) is 9.03. The zero-order valence-corrected chi connectivity index (χ0v) is 40.3. The van der Waals surface area contributed by atoms with Gasteiger partial charge in [0.25, 0.3) is 0 Å². The molecule has 0 amide bonds. The van der Waals surface area contributed by atoms with Gasteiger partial charge in [0.1, 0.15) is 0 Å². The van der Waals surface area contributed by atoms with Crippen LogP contribution in [0, 0.1) is 20.8 Å². The van der Waals surface area contributed by atoms with Gasteiger partial charge in [-0.15, -0.1) is 0 Å². The van der Waals surface area contributed by atoms with E-state index in [1.807, 2.05) is 24.3 Å². The molecule has 0 saturated carbocycles. The zero-order valence-electron chi connectivity index (χ0n) is 38.8. The Morgan fingerprint density at radius 1 is 0.470 bits per heavy atom. The number of halogens is 5. The number of alkyl halides is 3. The molecule has 11 heteroatoms. The number of fused-ring (bicyclic) bond motifs is 3. The Labute approximate surface area is 396 Å². The normalized spacial score (nSPS) is 13.2. The fraction of sp³-hybridized carbons (Fsp3) is 0.236. The molecule has 0 spiro atoms. The molecule has 9 aromatic rings. The second-order valence-corrected chi connectivity index (χ2v) is 18.5. The Morgan fingerprint density at radius 2 is 0.924 bits per heavy atom. The molecule has 0 aliphatic rings. The van der Waals surface area contributed by atoms with Gasteiger partial charge in [-0.1, -0.05) is 119 Å². The van der Waals surface area contributed by atoms with Crippen LogP contribution in [0.25, 0.3) is 32.7 Å². The lowest BCUT2D eigenvalue weighted by molar-refractivity contribution is -0.138. The molecule has 66 heavy (non-hydrogen) atoms. The molecule has 0 saturated heterocycles. The Bertz CT molecular complexity index is 3030.